The molecule has 0 fully saturated rings. The van der Waals surface area contributed by atoms with Crippen molar-refractivity contribution in [2.24, 2.45) is 0 Å². The van der Waals surface area contributed by atoms with E-state index >= 15 is 0 Å². The van der Waals surface area contributed by atoms with E-state index in [4.69, 9.17) is 4.74 Å². The van der Waals surface area contributed by atoms with Crippen LogP contribution in [0.1, 0.15) is 54.0 Å². The lowest BCUT2D eigenvalue weighted by atomic mass is 10.0. The zero-order valence-corrected chi connectivity index (χ0v) is 15.1. The highest BCUT2D eigenvalue weighted by atomic mass is 16.6. The van der Waals surface area contributed by atoms with E-state index in [0.29, 0.717) is 6.42 Å². The van der Waals surface area contributed by atoms with Crippen molar-refractivity contribution >= 4 is 12.1 Å². The third-order valence-electron chi connectivity index (χ3n) is 4.18. The van der Waals surface area contributed by atoms with Crippen molar-refractivity contribution in [3.8, 4) is 0 Å². The quantitative estimate of drug-likeness (QED) is 0.906. The van der Waals surface area contributed by atoms with E-state index in [1.54, 1.807) is 11.0 Å². The number of pyridine rings is 1. The van der Waals surface area contributed by atoms with E-state index in [-0.39, 0.29) is 18.2 Å². The average Bonchev–Trinajstić information content (AvgIpc) is 2.92. The van der Waals surface area contributed by atoms with Crippen LogP contribution < -0.4 is 0 Å². The van der Waals surface area contributed by atoms with Crippen LogP contribution >= 0.6 is 0 Å². The largest absolute Gasteiger partial charge is 0.478 e. The van der Waals surface area contributed by atoms with E-state index in [2.05, 4.69) is 4.98 Å². The Morgan fingerprint density at radius 3 is 2.58 bits per heavy atom. The molecule has 0 radical (unpaired) electrons. The number of carbonyl (C=O) groups is 2. The van der Waals surface area contributed by atoms with Gasteiger partial charge in [-0.2, -0.15) is 0 Å². The zero-order valence-electron chi connectivity index (χ0n) is 15.1. The number of ether oxygens (including phenoxy) is 1. The van der Waals surface area contributed by atoms with Crippen molar-refractivity contribution in [2.75, 3.05) is 0 Å². The normalized spacial score (nSPS) is 16.3. The first-order chi connectivity index (χ1) is 12.2. The SMILES string of the molecule is CC(C)(C)OC(=O)N1Cc2cc(C(=O)O)cnc2C1Cc1ccccc1. The van der Waals surface area contributed by atoms with Crippen molar-refractivity contribution in [1.82, 2.24) is 9.88 Å². The second-order valence-electron chi connectivity index (χ2n) is 7.39. The van der Waals surface area contributed by atoms with Gasteiger partial charge in [-0.3, -0.25) is 9.88 Å². The molecule has 0 saturated carbocycles. The molecule has 0 bridgehead atoms. The van der Waals surface area contributed by atoms with E-state index in [1.165, 1.54) is 6.20 Å². The molecule has 1 aliphatic heterocycles. The Morgan fingerprint density at radius 1 is 1.27 bits per heavy atom. The fourth-order valence-corrected chi connectivity index (χ4v) is 3.06. The van der Waals surface area contributed by atoms with Gasteiger partial charge in [0.25, 0.3) is 0 Å². The highest BCUT2D eigenvalue weighted by molar-refractivity contribution is 5.87. The molecule has 6 nitrogen and oxygen atoms in total. The van der Waals surface area contributed by atoms with Crippen LogP contribution in [0.15, 0.2) is 42.6 Å². The molecule has 1 unspecified atom stereocenters. The summed E-state index contributed by atoms with van der Waals surface area (Å²) in [5, 5.41) is 9.20. The van der Waals surface area contributed by atoms with E-state index in [1.807, 2.05) is 51.1 Å². The van der Waals surface area contributed by atoms with Gasteiger partial charge < -0.3 is 9.84 Å². The number of fused-ring (bicyclic) bond motifs is 1. The summed E-state index contributed by atoms with van der Waals surface area (Å²) in [6.45, 7) is 5.75. The first kappa shape index (κ1) is 17.9. The van der Waals surface area contributed by atoms with Gasteiger partial charge in [-0.05, 0) is 44.4 Å². The van der Waals surface area contributed by atoms with Crippen molar-refractivity contribution in [3.05, 3.63) is 65.0 Å². The number of benzene rings is 1. The Hall–Kier alpha value is -2.89. The molecule has 1 amide bonds. The van der Waals surface area contributed by atoms with Gasteiger partial charge in [0.05, 0.1) is 23.8 Å². The maximum absolute atomic E-state index is 12.7. The number of aromatic carboxylic acids is 1. The number of aromatic nitrogens is 1. The summed E-state index contributed by atoms with van der Waals surface area (Å²) in [5.74, 6) is -1.03. The van der Waals surface area contributed by atoms with Gasteiger partial charge in [0.2, 0.25) is 0 Å². The lowest BCUT2D eigenvalue weighted by Gasteiger charge is -2.28. The summed E-state index contributed by atoms with van der Waals surface area (Å²) in [6, 6.07) is 11.1. The first-order valence-electron chi connectivity index (χ1n) is 8.50. The summed E-state index contributed by atoms with van der Waals surface area (Å²) in [5.41, 5.74) is 2.06. The van der Waals surface area contributed by atoms with Gasteiger partial charge in [0.15, 0.2) is 0 Å². The van der Waals surface area contributed by atoms with Crippen LogP contribution in [-0.2, 0) is 17.7 Å². The molecule has 0 saturated heterocycles. The minimum absolute atomic E-state index is 0.119. The fourth-order valence-electron chi connectivity index (χ4n) is 3.06. The molecule has 0 spiro atoms. The second kappa shape index (κ2) is 6.78. The molecule has 26 heavy (non-hydrogen) atoms. The van der Waals surface area contributed by atoms with Crippen molar-refractivity contribution in [1.29, 1.82) is 0 Å². The Balaban J connectivity index is 1.94. The van der Waals surface area contributed by atoms with Gasteiger partial charge in [-0.15, -0.1) is 0 Å². The van der Waals surface area contributed by atoms with Crippen LogP contribution in [0.4, 0.5) is 4.79 Å². The van der Waals surface area contributed by atoms with Crippen molar-refractivity contribution in [3.63, 3.8) is 0 Å². The minimum Gasteiger partial charge on any atom is -0.478 e. The van der Waals surface area contributed by atoms with Crippen LogP contribution in [0.5, 0.6) is 0 Å². The number of amides is 1. The van der Waals surface area contributed by atoms with Crippen LogP contribution in [0.2, 0.25) is 0 Å². The molecule has 2 aromatic rings. The monoisotopic (exact) mass is 354 g/mol. The Morgan fingerprint density at radius 2 is 1.96 bits per heavy atom. The molecule has 1 atom stereocenters. The minimum atomic E-state index is -1.03. The Bertz CT molecular complexity index is 827. The van der Waals surface area contributed by atoms with E-state index in [0.717, 1.165) is 16.8 Å². The molecular formula is C20H22N2O4. The van der Waals surface area contributed by atoms with Crippen molar-refractivity contribution in [2.45, 2.75) is 45.4 Å². The van der Waals surface area contributed by atoms with Gasteiger partial charge in [-0.1, -0.05) is 30.3 Å². The Labute approximate surface area is 152 Å². The number of nitrogens with zero attached hydrogens (tertiary/aromatic N) is 2. The molecule has 2 heterocycles. The van der Waals surface area contributed by atoms with Crippen LogP contribution in [0.25, 0.3) is 0 Å². The van der Waals surface area contributed by atoms with Crippen molar-refractivity contribution < 1.29 is 19.4 Å². The number of hydrogen-bond donors (Lipinski definition) is 1. The smallest absolute Gasteiger partial charge is 0.411 e. The first-order valence-corrected chi connectivity index (χ1v) is 8.50. The molecule has 6 heteroatoms. The topological polar surface area (TPSA) is 79.7 Å². The molecule has 0 aliphatic carbocycles. The summed E-state index contributed by atoms with van der Waals surface area (Å²) >= 11 is 0. The molecule has 136 valence electrons. The summed E-state index contributed by atoms with van der Waals surface area (Å²) in [6.07, 6.45) is 1.51. The second-order valence-corrected chi connectivity index (χ2v) is 7.39. The summed E-state index contributed by atoms with van der Waals surface area (Å²) < 4.78 is 5.54. The molecule has 3 rings (SSSR count). The highest BCUT2D eigenvalue weighted by Crippen LogP contribution is 2.36. The van der Waals surface area contributed by atoms with Gasteiger partial charge in [0, 0.05) is 6.20 Å². The number of rotatable bonds is 3. The lowest BCUT2D eigenvalue weighted by Crippen LogP contribution is -2.36. The fraction of sp³-hybridized carbons (Fsp3) is 0.350. The maximum atomic E-state index is 12.7. The number of carbonyl (C=O) groups excluding carboxylic acids is 1. The highest BCUT2D eigenvalue weighted by Gasteiger charge is 2.37. The summed E-state index contributed by atoms with van der Waals surface area (Å²) in [4.78, 5) is 29.9. The van der Waals surface area contributed by atoms with Crippen LogP contribution in [-0.4, -0.2) is 32.7 Å². The van der Waals surface area contributed by atoms with Crippen LogP contribution in [0.3, 0.4) is 0 Å². The lowest BCUT2D eigenvalue weighted by molar-refractivity contribution is 0.0170. The summed E-state index contributed by atoms with van der Waals surface area (Å²) in [7, 11) is 0. The molecule has 1 aromatic heterocycles. The third kappa shape index (κ3) is 3.85. The van der Waals surface area contributed by atoms with E-state index < -0.39 is 17.7 Å². The van der Waals surface area contributed by atoms with Crippen LogP contribution in [0, 0.1) is 0 Å². The Kier molecular flexibility index (Phi) is 4.68. The molecule has 1 aromatic carbocycles. The third-order valence-corrected chi connectivity index (χ3v) is 4.18. The molecule has 1 N–H and O–H groups in total. The predicted molar refractivity (Wildman–Crippen MR) is 95.9 cm³/mol. The van der Waals surface area contributed by atoms with Gasteiger partial charge >= 0.3 is 12.1 Å². The molecule has 1 aliphatic rings. The van der Waals surface area contributed by atoms with Gasteiger partial charge in [-0.25, -0.2) is 9.59 Å². The maximum Gasteiger partial charge on any atom is 0.411 e. The molecular weight excluding hydrogens is 332 g/mol. The van der Waals surface area contributed by atoms with E-state index in [9.17, 15) is 14.7 Å². The van der Waals surface area contributed by atoms with Gasteiger partial charge in [0.1, 0.15) is 5.60 Å². The predicted octanol–water partition coefficient (Wildman–Crippen LogP) is 3.81. The standard InChI is InChI=1S/C20H22N2O4/c1-20(2,3)26-19(25)22-12-15-10-14(18(23)24)11-21-17(15)16(22)9-13-7-5-4-6-8-13/h4-8,10-11,16H,9,12H2,1-3H3,(H,23,24). The number of carboxylic acids is 1. The number of hydrogen-bond acceptors (Lipinski definition) is 4. The zero-order chi connectivity index (χ0) is 18.9. The average molecular weight is 354 g/mol. The number of carboxylic acid groups (broad SMARTS) is 1.